The molecule has 0 heterocycles. The van der Waals surface area contributed by atoms with Crippen LogP contribution in [0.1, 0.15) is 18.6 Å². The molecule has 0 bridgehead atoms. The van der Waals surface area contributed by atoms with Crippen molar-refractivity contribution in [1.82, 2.24) is 5.32 Å². The molecule has 0 aliphatic carbocycles. The van der Waals surface area contributed by atoms with Crippen molar-refractivity contribution >= 4 is 28.7 Å². The molecule has 0 aromatic heterocycles. The molecule has 0 aliphatic heterocycles. The molecule has 2 rings (SSSR count). The Bertz CT molecular complexity index is 720. The number of nitrogens with one attached hydrogen (secondary N) is 2. The summed E-state index contributed by atoms with van der Waals surface area (Å²) in [7, 11) is 0. The molecular formula is C17H19N3O4S. The Morgan fingerprint density at radius 2 is 1.88 bits per heavy atom. The second kappa shape index (κ2) is 8.95. The number of aliphatic hydroxyl groups is 1. The molecule has 7 nitrogen and oxygen atoms in total. The Kier molecular flexibility index (Phi) is 6.67. The first-order valence-electron chi connectivity index (χ1n) is 7.69. The highest BCUT2D eigenvalue weighted by Crippen LogP contribution is 2.18. The fourth-order valence-corrected chi connectivity index (χ4v) is 2.30. The minimum absolute atomic E-state index is 0.0170. The fraction of sp³-hybridized carbons (Fsp3) is 0.235. The Balaban J connectivity index is 1.83. The summed E-state index contributed by atoms with van der Waals surface area (Å²) >= 11 is 5.19. The van der Waals surface area contributed by atoms with Gasteiger partial charge >= 0.3 is 0 Å². The van der Waals surface area contributed by atoms with E-state index in [0.717, 1.165) is 11.4 Å². The van der Waals surface area contributed by atoms with Gasteiger partial charge in [0.05, 0.1) is 17.6 Å². The summed E-state index contributed by atoms with van der Waals surface area (Å²) in [4.78, 5) is 10.1. The van der Waals surface area contributed by atoms with E-state index in [0.29, 0.717) is 17.3 Å². The first-order chi connectivity index (χ1) is 12.0. The molecule has 8 heteroatoms. The van der Waals surface area contributed by atoms with Crippen molar-refractivity contribution in [2.75, 3.05) is 18.5 Å². The number of nitro benzene ring substituents is 1. The van der Waals surface area contributed by atoms with Crippen LogP contribution in [0.25, 0.3) is 0 Å². The number of aliphatic hydroxyl groups excluding tert-OH is 1. The summed E-state index contributed by atoms with van der Waals surface area (Å²) in [6, 6.07) is 13.1. The molecule has 1 atom stereocenters. The van der Waals surface area contributed by atoms with Crippen LogP contribution in [0.15, 0.2) is 48.5 Å². The highest BCUT2D eigenvalue weighted by Gasteiger charge is 2.11. The number of anilines is 1. The molecule has 0 amide bonds. The fourth-order valence-electron chi connectivity index (χ4n) is 2.10. The summed E-state index contributed by atoms with van der Waals surface area (Å²) in [6.45, 7) is 2.70. The van der Waals surface area contributed by atoms with E-state index >= 15 is 0 Å². The van der Waals surface area contributed by atoms with Crippen LogP contribution < -0.4 is 15.4 Å². The van der Waals surface area contributed by atoms with Gasteiger partial charge in [0.2, 0.25) is 0 Å². The van der Waals surface area contributed by atoms with Crippen LogP contribution in [-0.4, -0.2) is 28.3 Å². The van der Waals surface area contributed by atoms with Gasteiger partial charge in [-0.2, -0.15) is 0 Å². The number of nitrogens with zero attached hydrogens (tertiary/aromatic N) is 1. The van der Waals surface area contributed by atoms with Crippen LogP contribution >= 0.6 is 12.2 Å². The van der Waals surface area contributed by atoms with E-state index in [1.807, 2.05) is 31.2 Å². The molecule has 0 saturated heterocycles. The van der Waals surface area contributed by atoms with Gasteiger partial charge in [0.1, 0.15) is 5.75 Å². The monoisotopic (exact) mass is 361 g/mol. The molecule has 0 spiro atoms. The zero-order chi connectivity index (χ0) is 18.2. The number of non-ortho nitro benzene ring substituents is 1. The van der Waals surface area contributed by atoms with E-state index in [-0.39, 0.29) is 12.2 Å². The van der Waals surface area contributed by atoms with Gasteiger partial charge < -0.3 is 20.5 Å². The third kappa shape index (κ3) is 5.70. The number of rotatable bonds is 7. The predicted octanol–water partition coefficient (Wildman–Crippen LogP) is 3.01. The summed E-state index contributed by atoms with van der Waals surface area (Å²) < 4.78 is 5.37. The van der Waals surface area contributed by atoms with Gasteiger partial charge in [-0.15, -0.1) is 0 Å². The molecular weight excluding hydrogens is 342 g/mol. The van der Waals surface area contributed by atoms with Crippen molar-refractivity contribution in [3.05, 3.63) is 64.2 Å². The van der Waals surface area contributed by atoms with Gasteiger partial charge in [-0.05, 0) is 61.1 Å². The highest BCUT2D eigenvalue weighted by molar-refractivity contribution is 7.80. The van der Waals surface area contributed by atoms with Gasteiger partial charge in [0.15, 0.2) is 5.11 Å². The smallest absolute Gasteiger partial charge is 0.269 e. The van der Waals surface area contributed by atoms with E-state index in [2.05, 4.69) is 10.6 Å². The summed E-state index contributed by atoms with van der Waals surface area (Å²) in [6.07, 6.45) is -0.833. The van der Waals surface area contributed by atoms with Crippen LogP contribution in [0, 0.1) is 10.1 Å². The van der Waals surface area contributed by atoms with Gasteiger partial charge in [-0.1, -0.05) is 0 Å². The lowest BCUT2D eigenvalue weighted by molar-refractivity contribution is -0.384. The van der Waals surface area contributed by atoms with E-state index in [1.54, 1.807) is 0 Å². The van der Waals surface area contributed by atoms with Crippen LogP contribution in [-0.2, 0) is 0 Å². The lowest BCUT2D eigenvalue weighted by atomic mass is 10.1. The Morgan fingerprint density at radius 1 is 1.24 bits per heavy atom. The van der Waals surface area contributed by atoms with Gasteiger partial charge in [-0.3, -0.25) is 10.1 Å². The van der Waals surface area contributed by atoms with Crippen LogP contribution in [0.3, 0.4) is 0 Å². The maximum Gasteiger partial charge on any atom is 0.269 e. The maximum absolute atomic E-state index is 10.6. The van der Waals surface area contributed by atoms with E-state index in [4.69, 9.17) is 17.0 Å². The average Bonchev–Trinajstić information content (AvgIpc) is 2.61. The quantitative estimate of drug-likeness (QED) is 0.396. The number of benzene rings is 2. The minimum Gasteiger partial charge on any atom is -0.494 e. The Labute approximate surface area is 150 Å². The summed E-state index contributed by atoms with van der Waals surface area (Å²) in [5.74, 6) is 0.778. The lowest BCUT2D eigenvalue weighted by Gasteiger charge is -2.15. The van der Waals surface area contributed by atoms with E-state index < -0.39 is 11.0 Å². The van der Waals surface area contributed by atoms with E-state index in [1.165, 1.54) is 24.3 Å². The summed E-state index contributed by atoms with van der Waals surface area (Å²) in [5, 5.41) is 27.0. The molecule has 0 unspecified atom stereocenters. The second-order valence-electron chi connectivity index (χ2n) is 5.16. The number of nitro groups is 1. The van der Waals surface area contributed by atoms with Crippen molar-refractivity contribution in [3.8, 4) is 5.75 Å². The number of ether oxygens (including phenoxy) is 1. The number of hydrogen-bond donors (Lipinski definition) is 3. The Hall–Kier alpha value is -2.71. The largest absolute Gasteiger partial charge is 0.494 e. The first-order valence-corrected chi connectivity index (χ1v) is 8.10. The SMILES string of the molecule is CCOc1ccc(NC(=S)NC[C@@H](O)c2ccc([N+](=O)[O-])cc2)cc1. The maximum atomic E-state index is 10.6. The number of hydrogen-bond acceptors (Lipinski definition) is 5. The third-order valence-corrected chi connectivity index (χ3v) is 3.61. The highest BCUT2D eigenvalue weighted by atomic mass is 32.1. The van der Waals surface area contributed by atoms with Crippen molar-refractivity contribution in [2.24, 2.45) is 0 Å². The zero-order valence-corrected chi connectivity index (χ0v) is 14.5. The lowest BCUT2D eigenvalue weighted by Crippen LogP contribution is -2.32. The zero-order valence-electron chi connectivity index (χ0n) is 13.6. The average molecular weight is 361 g/mol. The number of thiocarbonyl (C=S) groups is 1. The Morgan fingerprint density at radius 3 is 2.44 bits per heavy atom. The van der Waals surface area contributed by atoms with Crippen molar-refractivity contribution in [1.29, 1.82) is 0 Å². The molecule has 2 aromatic carbocycles. The van der Waals surface area contributed by atoms with Gasteiger partial charge in [-0.25, -0.2) is 0 Å². The van der Waals surface area contributed by atoms with Gasteiger partial charge in [0, 0.05) is 24.4 Å². The van der Waals surface area contributed by atoms with Crippen molar-refractivity contribution in [2.45, 2.75) is 13.0 Å². The van der Waals surface area contributed by atoms with Gasteiger partial charge in [0.25, 0.3) is 5.69 Å². The molecule has 132 valence electrons. The third-order valence-electron chi connectivity index (χ3n) is 3.37. The minimum atomic E-state index is -0.833. The summed E-state index contributed by atoms with van der Waals surface area (Å²) in [5.41, 5.74) is 1.35. The van der Waals surface area contributed by atoms with E-state index in [9.17, 15) is 15.2 Å². The standard InChI is InChI=1S/C17H19N3O4S/c1-2-24-15-9-5-13(6-10-15)19-17(25)18-11-16(21)12-3-7-14(8-4-12)20(22)23/h3-10,16,21H,2,11H2,1H3,(H2,18,19,25)/t16-/m1/s1. The second-order valence-corrected chi connectivity index (χ2v) is 5.57. The van der Waals surface area contributed by atoms with Crippen LogP contribution in [0.2, 0.25) is 0 Å². The molecule has 0 fully saturated rings. The molecule has 0 aliphatic rings. The predicted molar refractivity (Wildman–Crippen MR) is 99.9 cm³/mol. The normalized spacial score (nSPS) is 11.4. The van der Waals surface area contributed by atoms with Crippen molar-refractivity contribution < 1.29 is 14.8 Å². The topological polar surface area (TPSA) is 96.7 Å². The first kappa shape index (κ1) is 18.6. The molecule has 0 radical (unpaired) electrons. The van der Waals surface area contributed by atoms with Crippen molar-refractivity contribution in [3.63, 3.8) is 0 Å². The molecule has 2 aromatic rings. The van der Waals surface area contributed by atoms with Crippen LogP contribution in [0.4, 0.5) is 11.4 Å². The van der Waals surface area contributed by atoms with Crippen LogP contribution in [0.5, 0.6) is 5.75 Å². The molecule has 25 heavy (non-hydrogen) atoms. The molecule has 3 N–H and O–H groups in total. The molecule has 0 saturated carbocycles.